The van der Waals surface area contributed by atoms with Gasteiger partial charge in [-0.2, -0.15) is 10.2 Å². The van der Waals surface area contributed by atoms with E-state index in [9.17, 15) is 9.59 Å². The SMILES string of the molecule is CCC(CC)COc1ccc(Br)cc1Cn1nc(CCC(=O)O)cc1C.CCC(CC)COc1ccc(Cl)cc1Cn1nc(CCC(C)=O)cc1C. The van der Waals surface area contributed by atoms with Gasteiger partial charge in [0.05, 0.1) is 44.1 Å². The van der Waals surface area contributed by atoms with Crippen LogP contribution in [0, 0.1) is 25.7 Å². The lowest BCUT2D eigenvalue weighted by Crippen LogP contribution is -2.12. The van der Waals surface area contributed by atoms with Crippen molar-refractivity contribution >= 4 is 39.3 Å². The fourth-order valence-corrected chi connectivity index (χ4v) is 6.28. The van der Waals surface area contributed by atoms with E-state index in [2.05, 4.69) is 59.9 Å². The van der Waals surface area contributed by atoms with E-state index >= 15 is 0 Å². The number of aromatic nitrogens is 4. The molecule has 11 heteroatoms. The summed E-state index contributed by atoms with van der Waals surface area (Å²) in [6.45, 7) is 17.0. The van der Waals surface area contributed by atoms with Crippen molar-refractivity contribution in [2.24, 2.45) is 11.8 Å². The van der Waals surface area contributed by atoms with E-state index in [1.54, 1.807) is 6.92 Å². The topological polar surface area (TPSA) is 108 Å². The molecular formula is C41H56BrClN4O5. The van der Waals surface area contributed by atoms with Gasteiger partial charge >= 0.3 is 5.97 Å². The zero-order chi connectivity index (χ0) is 38.2. The first-order valence-corrected chi connectivity index (χ1v) is 19.6. The number of aryl methyl sites for hydroxylation is 4. The van der Waals surface area contributed by atoms with Gasteiger partial charge in [-0.15, -0.1) is 0 Å². The molecule has 0 bridgehead atoms. The Labute approximate surface area is 323 Å². The van der Waals surface area contributed by atoms with Crippen molar-refractivity contribution in [1.82, 2.24) is 19.6 Å². The third-order valence-electron chi connectivity index (χ3n) is 9.34. The number of aliphatic carboxylic acids is 1. The van der Waals surface area contributed by atoms with Crippen molar-refractivity contribution in [2.75, 3.05) is 13.2 Å². The molecule has 0 fully saturated rings. The molecule has 4 aromatic rings. The third-order valence-corrected chi connectivity index (χ3v) is 10.1. The molecule has 2 heterocycles. The largest absolute Gasteiger partial charge is 0.493 e. The summed E-state index contributed by atoms with van der Waals surface area (Å²) in [4.78, 5) is 22.0. The molecule has 52 heavy (non-hydrogen) atoms. The minimum atomic E-state index is -0.804. The third kappa shape index (κ3) is 14.1. The first kappa shape index (κ1) is 42.8. The average Bonchev–Trinajstić information content (AvgIpc) is 3.65. The number of hydrogen-bond donors (Lipinski definition) is 1. The van der Waals surface area contributed by atoms with Gasteiger partial charge < -0.3 is 19.4 Å². The molecule has 2 aromatic heterocycles. The van der Waals surface area contributed by atoms with Crippen LogP contribution in [0.4, 0.5) is 0 Å². The van der Waals surface area contributed by atoms with Crippen molar-refractivity contribution in [2.45, 2.75) is 113 Å². The molecule has 0 amide bonds. The van der Waals surface area contributed by atoms with E-state index < -0.39 is 5.97 Å². The second-order valence-electron chi connectivity index (χ2n) is 13.5. The summed E-state index contributed by atoms with van der Waals surface area (Å²) in [6, 6.07) is 15.8. The maximum Gasteiger partial charge on any atom is 0.303 e. The van der Waals surface area contributed by atoms with E-state index in [0.717, 1.165) is 75.6 Å². The highest BCUT2D eigenvalue weighted by Crippen LogP contribution is 2.27. The lowest BCUT2D eigenvalue weighted by Gasteiger charge is -2.17. The Morgan fingerprint density at radius 2 is 1.21 bits per heavy atom. The lowest BCUT2D eigenvalue weighted by atomic mass is 10.1. The smallest absolute Gasteiger partial charge is 0.303 e. The van der Waals surface area contributed by atoms with Crippen LogP contribution >= 0.6 is 27.5 Å². The van der Waals surface area contributed by atoms with Crippen LogP contribution in [-0.2, 0) is 35.5 Å². The summed E-state index contributed by atoms with van der Waals surface area (Å²) < 4.78 is 17.0. The number of rotatable bonds is 20. The van der Waals surface area contributed by atoms with Crippen LogP contribution in [0.3, 0.4) is 0 Å². The number of Topliss-reactive ketones (excluding diaryl/α,β-unsaturated/α-hetero) is 1. The molecule has 0 aliphatic rings. The summed E-state index contributed by atoms with van der Waals surface area (Å²) in [5.74, 6) is 2.23. The first-order chi connectivity index (χ1) is 24.8. The Bertz CT molecular complexity index is 1600. The molecule has 0 aliphatic carbocycles. The molecule has 284 valence electrons. The summed E-state index contributed by atoms with van der Waals surface area (Å²) in [6.07, 6.45) is 6.17. The highest BCUT2D eigenvalue weighted by atomic mass is 79.9. The van der Waals surface area contributed by atoms with Crippen molar-refractivity contribution in [3.63, 3.8) is 0 Å². The lowest BCUT2D eigenvalue weighted by molar-refractivity contribution is -0.137. The molecule has 0 saturated carbocycles. The van der Waals surface area contributed by atoms with Crippen LogP contribution in [0.2, 0.25) is 5.02 Å². The maximum absolute atomic E-state index is 11.2. The van der Waals surface area contributed by atoms with Gasteiger partial charge in [-0.05, 0) is 87.6 Å². The molecule has 0 radical (unpaired) electrons. The van der Waals surface area contributed by atoms with E-state index in [-0.39, 0.29) is 12.2 Å². The van der Waals surface area contributed by atoms with Crippen LogP contribution in [0.5, 0.6) is 11.5 Å². The van der Waals surface area contributed by atoms with Gasteiger partial charge in [0.2, 0.25) is 0 Å². The highest BCUT2D eigenvalue weighted by Gasteiger charge is 2.14. The zero-order valence-electron chi connectivity index (χ0n) is 31.9. The Balaban J connectivity index is 0.000000280. The molecular weight excluding hydrogens is 744 g/mol. The predicted octanol–water partition coefficient (Wildman–Crippen LogP) is 10.1. The van der Waals surface area contributed by atoms with Gasteiger partial charge in [0.25, 0.3) is 0 Å². The first-order valence-electron chi connectivity index (χ1n) is 18.5. The zero-order valence-corrected chi connectivity index (χ0v) is 34.2. The van der Waals surface area contributed by atoms with Gasteiger partial charge in [0.15, 0.2) is 0 Å². The predicted molar refractivity (Wildman–Crippen MR) is 212 cm³/mol. The summed E-state index contributed by atoms with van der Waals surface area (Å²) in [5, 5.41) is 18.7. The molecule has 4 rings (SSSR count). The normalized spacial score (nSPS) is 11.1. The standard InChI is InChI=1S/C21H29ClN2O2.C20H27BrN2O3/c1-5-17(6-2)14-26-21-10-8-19(22)12-18(21)13-24-15(3)11-20(23-24)9-7-16(4)25;1-4-15(5-2)13-26-19-8-6-17(21)11-16(19)12-23-14(3)10-18(22-23)7-9-20(24)25/h8,10-12,17H,5-7,9,13-14H2,1-4H3;6,8,10-11,15H,4-5,7,9,12-13H2,1-3H3,(H,24,25). The molecule has 0 spiro atoms. The number of ketones is 1. The molecule has 0 saturated heterocycles. The summed E-state index contributed by atoms with van der Waals surface area (Å²) >= 11 is 9.74. The maximum atomic E-state index is 11.2. The van der Waals surface area contributed by atoms with E-state index in [1.165, 1.54) is 0 Å². The van der Waals surface area contributed by atoms with Crippen LogP contribution in [0.1, 0.15) is 107 Å². The Morgan fingerprint density at radius 1 is 0.750 bits per heavy atom. The van der Waals surface area contributed by atoms with Crippen molar-refractivity contribution in [1.29, 1.82) is 0 Å². The average molecular weight is 800 g/mol. The fraction of sp³-hybridized carbons (Fsp3) is 0.512. The van der Waals surface area contributed by atoms with E-state index in [0.29, 0.717) is 62.4 Å². The van der Waals surface area contributed by atoms with Gasteiger partial charge in [-0.25, -0.2) is 0 Å². The quantitative estimate of drug-likeness (QED) is 0.0948. The van der Waals surface area contributed by atoms with Gasteiger partial charge in [-0.3, -0.25) is 14.2 Å². The fourth-order valence-electron chi connectivity index (χ4n) is 5.67. The highest BCUT2D eigenvalue weighted by molar-refractivity contribution is 9.10. The molecule has 0 unspecified atom stereocenters. The Hall–Kier alpha value is -3.63. The number of carboxylic acids is 1. The summed E-state index contributed by atoms with van der Waals surface area (Å²) in [5.41, 5.74) is 5.90. The van der Waals surface area contributed by atoms with E-state index in [1.807, 2.05) is 65.7 Å². The van der Waals surface area contributed by atoms with Crippen LogP contribution in [-0.4, -0.2) is 49.6 Å². The number of ether oxygens (including phenoxy) is 2. The van der Waals surface area contributed by atoms with Crippen molar-refractivity contribution in [3.8, 4) is 11.5 Å². The number of carbonyl (C=O) groups is 2. The van der Waals surface area contributed by atoms with E-state index in [4.69, 9.17) is 26.2 Å². The number of carboxylic acid groups (broad SMARTS) is 1. The summed E-state index contributed by atoms with van der Waals surface area (Å²) in [7, 11) is 0. The van der Waals surface area contributed by atoms with Crippen molar-refractivity contribution < 1.29 is 24.2 Å². The number of nitrogens with zero attached hydrogens (tertiary/aromatic N) is 4. The Kier molecular flexibility index (Phi) is 17.9. The monoisotopic (exact) mass is 798 g/mol. The molecule has 1 N–H and O–H groups in total. The number of hydrogen-bond acceptors (Lipinski definition) is 6. The minimum Gasteiger partial charge on any atom is -0.493 e. The number of halogens is 2. The minimum absolute atomic E-state index is 0.0944. The molecule has 2 aromatic carbocycles. The second kappa shape index (κ2) is 21.8. The van der Waals surface area contributed by atoms with Gasteiger partial charge in [0.1, 0.15) is 17.3 Å². The number of benzene rings is 2. The molecule has 9 nitrogen and oxygen atoms in total. The Morgan fingerprint density at radius 3 is 1.67 bits per heavy atom. The van der Waals surface area contributed by atoms with Crippen LogP contribution in [0.25, 0.3) is 0 Å². The number of carbonyl (C=O) groups excluding carboxylic acids is 1. The van der Waals surface area contributed by atoms with Crippen LogP contribution < -0.4 is 9.47 Å². The second-order valence-corrected chi connectivity index (χ2v) is 14.8. The van der Waals surface area contributed by atoms with Crippen LogP contribution in [0.15, 0.2) is 53.0 Å². The van der Waals surface area contributed by atoms with Crippen molar-refractivity contribution in [3.05, 3.63) is 91.9 Å². The van der Waals surface area contributed by atoms with Gasteiger partial charge in [0, 0.05) is 44.9 Å². The van der Waals surface area contributed by atoms with Gasteiger partial charge in [-0.1, -0.05) is 80.9 Å². The molecule has 0 aliphatic heterocycles. The molecule has 0 atom stereocenters.